The molecule has 1 N–H and O–H groups in total. The van der Waals surface area contributed by atoms with Crippen LogP contribution in [0.25, 0.3) is 0 Å². The maximum absolute atomic E-state index is 11.9. The van der Waals surface area contributed by atoms with Crippen molar-refractivity contribution in [2.75, 3.05) is 6.54 Å². The highest BCUT2D eigenvalue weighted by Gasteiger charge is 2.15. The van der Waals surface area contributed by atoms with Gasteiger partial charge in [0.15, 0.2) is 0 Å². The minimum atomic E-state index is -0.0316. The Kier molecular flexibility index (Phi) is 4.70. The van der Waals surface area contributed by atoms with Crippen molar-refractivity contribution >= 4 is 17.5 Å². The van der Waals surface area contributed by atoms with Gasteiger partial charge in [0, 0.05) is 19.8 Å². The third kappa shape index (κ3) is 3.52. The summed E-state index contributed by atoms with van der Waals surface area (Å²) in [5.41, 5.74) is 0.626. The fourth-order valence-corrected chi connectivity index (χ4v) is 2.98. The van der Waals surface area contributed by atoms with Crippen molar-refractivity contribution in [2.45, 2.75) is 38.5 Å². The lowest BCUT2D eigenvalue weighted by Crippen LogP contribution is -2.26. The molecule has 1 aliphatic rings. The first-order valence-corrected chi connectivity index (χ1v) is 7.14. The molecule has 1 fully saturated rings. The van der Waals surface area contributed by atoms with Gasteiger partial charge in [0.2, 0.25) is 0 Å². The van der Waals surface area contributed by atoms with Gasteiger partial charge in [-0.3, -0.25) is 4.79 Å². The molecule has 0 aliphatic heterocycles. The Morgan fingerprint density at radius 2 is 2.22 bits per heavy atom. The molecule has 4 heteroatoms. The maximum atomic E-state index is 11.9. The fourth-order valence-electron chi connectivity index (χ4n) is 2.73. The van der Waals surface area contributed by atoms with E-state index < -0.39 is 0 Å². The van der Waals surface area contributed by atoms with Gasteiger partial charge < -0.3 is 9.88 Å². The monoisotopic (exact) mass is 268 g/mol. The maximum Gasteiger partial charge on any atom is 0.267 e. The molecule has 1 saturated carbocycles. The third-order valence-corrected chi connectivity index (χ3v) is 3.96. The Morgan fingerprint density at radius 3 is 2.83 bits per heavy atom. The van der Waals surface area contributed by atoms with Crippen LogP contribution < -0.4 is 5.32 Å². The molecule has 1 aromatic heterocycles. The SMILES string of the molecule is Cn1cc(Cl)cc1C(=O)NCCCC1CCCC1. The van der Waals surface area contributed by atoms with E-state index in [1.54, 1.807) is 16.8 Å². The molecule has 1 amide bonds. The molecule has 1 aromatic rings. The predicted octanol–water partition coefficient (Wildman–Crippen LogP) is 3.38. The number of carbonyl (C=O) groups is 1. The van der Waals surface area contributed by atoms with Crippen LogP contribution in [0, 0.1) is 5.92 Å². The molecule has 0 atom stereocenters. The molecule has 3 nitrogen and oxygen atoms in total. The standard InChI is InChI=1S/C14H21ClN2O/c1-17-10-12(15)9-13(17)14(18)16-8-4-7-11-5-2-3-6-11/h9-11H,2-8H2,1H3,(H,16,18). The molecule has 1 heterocycles. The minimum Gasteiger partial charge on any atom is -0.351 e. The Bertz CT molecular complexity index is 408. The Labute approximate surface area is 114 Å². The molecule has 0 aromatic carbocycles. The van der Waals surface area contributed by atoms with E-state index in [0.717, 1.165) is 18.9 Å². The molecule has 0 saturated heterocycles. The molecule has 1 aliphatic carbocycles. The van der Waals surface area contributed by atoms with Crippen molar-refractivity contribution in [3.05, 3.63) is 23.0 Å². The van der Waals surface area contributed by atoms with E-state index in [1.807, 2.05) is 7.05 Å². The van der Waals surface area contributed by atoms with Crippen LogP contribution in [0.5, 0.6) is 0 Å². The second-order valence-corrected chi connectivity index (χ2v) is 5.64. The number of halogens is 1. The summed E-state index contributed by atoms with van der Waals surface area (Å²) in [6, 6.07) is 1.70. The summed E-state index contributed by atoms with van der Waals surface area (Å²) >= 11 is 5.86. The second-order valence-electron chi connectivity index (χ2n) is 5.20. The number of hydrogen-bond donors (Lipinski definition) is 1. The lowest BCUT2D eigenvalue weighted by Gasteiger charge is -2.09. The first-order valence-electron chi connectivity index (χ1n) is 6.77. The second kappa shape index (κ2) is 6.28. The van der Waals surface area contributed by atoms with Crippen LogP contribution in [0.4, 0.5) is 0 Å². The zero-order valence-electron chi connectivity index (χ0n) is 10.9. The Balaban J connectivity index is 1.70. The van der Waals surface area contributed by atoms with Gasteiger partial charge in [-0.25, -0.2) is 0 Å². The van der Waals surface area contributed by atoms with Crippen LogP contribution in [-0.4, -0.2) is 17.0 Å². The van der Waals surface area contributed by atoms with Gasteiger partial charge in [-0.1, -0.05) is 37.3 Å². The quantitative estimate of drug-likeness (QED) is 0.816. The molecule has 0 spiro atoms. The van der Waals surface area contributed by atoms with Crippen LogP contribution in [0.1, 0.15) is 49.0 Å². The molecule has 18 heavy (non-hydrogen) atoms. The molecule has 0 bridgehead atoms. The highest BCUT2D eigenvalue weighted by molar-refractivity contribution is 6.31. The number of aryl methyl sites for hydroxylation is 1. The summed E-state index contributed by atoms with van der Waals surface area (Å²) < 4.78 is 1.76. The number of hydrogen-bond acceptors (Lipinski definition) is 1. The lowest BCUT2D eigenvalue weighted by molar-refractivity contribution is 0.0944. The van der Waals surface area contributed by atoms with Gasteiger partial charge in [0.1, 0.15) is 5.69 Å². The summed E-state index contributed by atoms with van der Waals surface area (Å²) in [5, 5.41) is 3.56. The van der Waals surface area contributed by atoms with Crippen LogP contribution in [0.2, 0.25) is 5.02 Å². The average Bonchev–Trinajstić information content (AvgIpc) is 2.94. The van der Waals surface area contributed by atoms with Crippen LogP contribution in [-0.2, 0) is 7.05 Å². The topological polar surface area (TPSA) is 34.0 Å². The molecule has 100 valence electrons. The van der Waals surface area contributed by atoms with Gasteiger partial charge in [-0.15, -0.1) is 0 Å². The summed E-state index contributed by atoms with van der Waals surface area (Å²) in [6.45, 7) is 0.762. The largest absolute Gasteiger partial charge is 0.351 e. The zero-order valence-corrected chi connectivity index (χ0v) is 11.7. The number of rotatable bonds is 5. The number of amides is 1. The van der Waals surface area contributed by atoms with E-state index in [4.69, 9.17) is 11.6 Å². The Hall–Kier alpha value is -0.960. The highest BCUT2D eigenvalue weighted by Crippen LogP contribution is 2.28. The van der Waals surface area contributed by atoms with E-state index in [0.29, 0.717) is 10.7 Å². The summed E-state index contributed by atoms with van der Waals surface area (Å²) in [5.74, 6) is 0.863. The summed E-state index contributed by atoms with van der Waals surface area (Å²) in [6.07, 6.45) is 9.60. The Morgan fingerprint density at radius 1 is 1.50 bits per heavy atom. The molecule has 0 unspecified atom stereocenters. The number of aromatic nitrogens is 1. The van der Waals surface area contributed by atoms with Crippen molar-refractivity contribution in [1.82, 2.24) is 9.88 Å². The number of carbonyl (C=O) groups excluding carboxylic acids is 1. The smallest absolute Gasteiger partial charge is 0.267 e. The van der Waals surface area contributed by atoms with E-state index in [9.17, 15) is 4.79 Å². The van der Waals surface area contributed by atoms with Crippen LogP contribution >= 0.6 is 11.6 Å². The molecule has 0 radical (unpaired) electrons. The van der Waals surface area contributed by atoms with Gasteiger partial charge in [-0.2, -0.15) is 0 Å². The van der Waals surface area contributed by atoms with Crippen LogP contribution in [0.3, 0.4) is 0 Å². The molecular formula is C14H21ClN2O. The number of nitrogens with zero attached hydrogens (tertiary/aromatic N) is 1. The summed E-state index contributed by atoms with van der Waals surface area (Å²) in [7, 11) is 1.83. The van der Waals surface area contributed by atoms with Crippen LogP contribution in [0.15, 0.2) is 12.3 Å². The summed E-state index contributed by atoms with van der Waals surface area (Å²) in [4.78, 5) is 11.9. The number of nitrogens with one attached hydrogen (secondary N) is 1. The van der Waals surface area contributed by atoms with Crippen molar-refractivity contribution in [3.63, 3.8) is 0 Å². The van der Waals surface area contributed by atoms with Gasteiger partial charge >= 0.3 is 0 Å². The van der Waals surface area contributed by atoms with Gasteiger partial charge in [-0.05, 0) is 24.8 Å². The average molecular weight is 269 g/mol. The van der Waals surface area contributed by atoms with E-state index in [2.05, 4.69) is 5.32 Å². The van der Waals surface area contributed by atoms with Crippen molar-refractivity contribution in [3.8, 4) is 0 Å². The zero-order chi connectivity index (χ0) is 13.0. The minimum absolute atomic E-state index is 0.0316. The van der Waals surface area contributed by atoms with Gasteiger partial charge in [0.05, 0.1) is 5.02 Å². The first-order chi connectivity index (χ1) is 8.66. The molecular weight excluding hydrogens is 248 g/mol. The molecule has 2 rings (SSSR count). The normalized spacial score (nSPS) is 16.1. The highest BCUT2D eigenvalue weighted by atomic mass is 35.5. The van der Waals surface area contributed by atoms with E-state index in [-0.39, 0.29) is 5.91 Å². The van der Waals surface area contributed by atoms with Gasteiger partial charge in [0.25, 0.3) is 5.91 Å². The van der Waals surface area contributed by atoms with Crippen molar-refractivity contribution in [1.29, 1.82) is 0 Å². The van der Waals surface area contributed by atoms with E-state index >= 15 is 0 Å². The third-order valence-electron chi connectivity index (χ3n) is 3.75. The predicted molar refractivity (Wildman–Crippen MR) is 73.9 cm³/mol. The van der Waals surface area contributed by atoms with Crippen molar-refractivity contribution < 1.29 is 4.79 Å². The lowest BCUT2D eigenvalue weighted by atomic mass is 10.0. The van der Waals surface area contributed by atoms with Crippen molar-refractivity contribution in [2.24, 2.45) is 13.0 Å². The first kappa shape index (κ1) is 13.5. The van der Waals surface area contributed by atoms with E-state index in [1.165, 1.54) is 32.1 Å². The fraction of sp³-hybridized carbons (Fsp3) is 0.643.